The van der Waals surface area contributed by atoms with E-state index < -0.39 is 0 Å². The number of nitrogens with zero attached hydrogens (tertiary/aromatic N) is 4. The molecule has 0 radical (unpaired) electrons. The summed E-state index contributed by atoms with van der Waals surface area (Å²) in [6.07, 6.45) is 8.58. The average molecular weight is 398 g/mol. The fourth-order valence-corrected chi connectivity index (χ4v) is 3.37. The summed E-state index contributed by atoms with van der Waals surface area (Å²) in [6, 6.07) is 11.1. The smallest absolute Gasteiger partial charge is 0.234 e. The highest BCUT2D eigenvalue weighted by Gasteiger charge is 2.21. The number of benzene rings is 1. The molecule has 3 aromatic rings. The second-order valence-corrected chi connectivity index (χ2v) is 7.28. The van der Waals surface area contributed by atoms with Crippen LogP contribution in [0.1, 0.15) is 6.92 Å². The lowest BCUT2D eigenvalue weighted by Gasteiger charge is -2.13. The van der Waals surface area contributed by atoms with E-state index in [0.29, 0.717) is 16.0 Å². The molecule has 0 bridgehead atoms. The molecule has 8 heteroatoms. The monoisotopic (exact) mass is 397 g/mol. The molecule has 0 saturated heterocycles. The van der Waals surface area contributed by atoms with Gasteiger partial charge in [-0.15, -0.1) is 16.6 Å². The van der Waals surface area contributed by atoms with Gasteiger partial charge in [0, 0.05) is 28.7 Å². The first-order valence-corrected chi connectivity index (χ1v) is 9.35. The summed E-state index contributed by atoms with van der Waals surface area (Å²) in [6.45, 7) is 1.99. The number of carbonyl (C=O) groups excluding carboxylic acids is 1. The number of halogens is 1. The van der Waals surface area contributed by atoms with Crippen molar-refractivity contribution in [1.29, 1.82) is 0 Å². The van der Waals surface area contributed by atoms with E-state index in [1.54, 1.807) is 31.5 Å². The van der Waals surface area contributed by atoms with Crippen molar-refractivity contribution in [2.45, 2.75) is 17.3 Å². The maximum Gasteiger partial charge on any atom is 0.234 e. The lowest BCUT2D eigenvalue weighted by atomic mass is 10.2. The molecule has 1 aromatic carbocycles. The molecular weight excluding hydrogens is 382 g/mol. The molecule has 1 amide bonds. The summed E-state index contributed by atoms with van der Waals surface area (Å²) in [5.41, 5.74) is 1.71. The topological polar surface area (TPSA) is 72.7 Å². The fourth-order valence-electron chi connectivity index (χ4n) is 2.35. The Bertz CT molecular complexity index is 966. The van der Waals surface area contributed by atoms with E-state index in [1.165, 1.54) is 11.8 Å². The molecule has 2 aromatic heterocycles. The van der Waals surface area contributed by atoms with Crippen molar-refractivity contribution >= 4 is 29.3 Å². The Morgan fingerprint density at radius 2 is 1.96 bits per heavy atom. The maximum atomic E-state index is 12.2. The lowest BCUT2D eigenvalue weighted by Crippen LogP contribution is -2.31. The van der Waals surface area contributed by atoms with Gasteiger partial charge in [0.05, 0.1) is 11.8 Å². The second kappa shape index (κ2) is 8.71. The molecule has 3 rings (SSSR count). The van der Waals surface area contributed by atoms with Crippen molar-refractivity contribution in [3.8, 4) is 29.4 Å². The lowest BCUT2D eigenvalue weighted by molar-refractivity contribution is -0.120. The van der Waals surface area contributed by atoms with E-state index in [1.807, 2.05) is 28.8 Å². The highest BCUT2D eigenvalue weighted by Crippen LogP contribution is 2.30. The summed E-state index contributed by atoms with van der Waals surface area (Å²) < 4.78 is 1.89. The number of carbonyl (C=O) groups is 1. The van der Waals surface area contributed by atoms with Gasteiger partial charge in [0.1, 0.15) is 0 Å². The first-order valence-electron chi connectivity index (χ1n) is 8.09. The Hall–Kier alpha value is -2.82. The predicted molar refractivity (Wildman–Crippen MR) is 107 cm³/mol. The fraction of sp³-hybridized carbons (Fsp3) is 0.158. The van der Waals surface area contributed by atoms with Gasteiger partial charge in [0.2, 0.25) is 5.91 Å². The molecule has 0 aliphatic heterocycles. The Kier molecular flexibility index (Phi) is 6.12. The third kappa shape index (κ3) is 4.48. The molecule has 0 aliphatic rings. The SMILES string of the molecule is C#CCNC(=O)C(C)Sc1nnc(-c2ccncc2)n1-c1ccc(Cl)cc1. The average Bonchev–Trinajstić information content (AvgIpc) is 3.10. The van der Waals surface area contributed by atoms with Gasteiger partial charge >= 0.3 is 0 Å². The molecule has 0 spiro atoms. The molecule has 1 N–H and O–H groups in total. The summed E-state index contributed by atoms with van der Waals surface area (Å²) in [5.74, 6) is 2.89. The van der Waals surface area contributed by atoms with Gasteiger partial charge in [-0.1, -0.05) is 29.3 Å². The number of hydrogen-bond donors (Lipinski definition) is 1. The first-order chi connectivity index (χ1) is 13.1. The van der Waals surface area contributed by atoms with E-state index in [2.05, 4.69) is 26.4 Å². The second-order valence-electron chi connectivity index (χ2n) is 5.54. The van der Waals surface area contributed by atoms with E-state index in [9.17, 15) is 4.79 Å². The van der Waals surface area contributed by atoms with Gasteiger partial charge in [-0.05, 0) is 43.3 Å². The minimum absolute atomic E-state index is 0.158. The molecule has 0 fully saturated rings. The van der Waals surface area contributed by atoms with Crippen LogP contribution in [-0.2, 0) is 4.79 Å². The number of pyridine rings is 1. The van der Waals surface area contributed by atoms with Crippen molar-refractivity contribution in [3.63, 3.8) is 0 Å². The van der Waals surface area contributed by atoms with E-state index in [-0.39, 0.29) is 17.7 Å². The number of terminal acetylenes is 1. The Morgan fingerprint density at radius 3 is 2.63 bits per heavy atom. The number of hydrogen-bond acceptors (Lipinski definition) is 5. The van der Waals surface area contributed by atoms with E-state index >= 15 is 0 Å². The maximum absolute atomic E-state index is 12.2. The minimum atomic E-state index is -0.390. The summed E-state index contributed by atoms with van der Waals surface area (Å²) in [5, 5.41) is 12.1. The molecule has 27 heavy (non-hydrogen) atoms. The number of amides is 1. The zero-order valence-corrected chi connectivity index (χ0v) is 16.0. The number of thioether (sulfide) groups is 1. The molecule has 2 heterocycles. The Morgan fingerprint density at radius 1 is 1.26 bits per heavy atom. The van der Waals surface area contributed by atoms with Crippen LogP contribution in [0.25, 0.3) is 17.1 Å². The molecular formula is C19H16ClN5OS. The number of aromatic nitrogens is 4. The van der Waals surface area contributed by atoms with Gasteiger partial charge in [0.15, 0.2) is 11.0 Å². The number of rotatable bonds is 6. The predicted octanol–water partition coefficient (Wildman–Crippen LogP) is 3.21. The van der Waals surface area contributed by atoms with Crippen molar-refractivity contribution < 1.29 is 4.79 Å². The highest BCUT2D eigenvalue weighted by atomic mass is 35.5. The molecule has 0 saturated carbocycles. The van der Waals surface area contributed by atoms with Gasteiger partial charge < -0.3 is 5.32 Å². The van der Waals surface area contributed by atoms with Crippen LogP contribution in [-0.4, -0.2) is 37.5 Å². The molecule has 1 atom stereocenters. The third-order valence-corrected chi connectivity index (χ3v) is 4.97. The highest BCUT2D eigenvalue weighted by molar-refractivity contribution is 8.00. The standard InChI is InChI=1S/C19H16ClN5OS/c1-3-10-22-18(26)13(2)27-19-24-23-17(14-8-11-21-12-9-14)25(19)16-6-4-15(20)5-7-16/h1,4-9,11-13H,10H2,2H3,(H,22,26). The third-order valence-electron chi connectivity index (χ3n) is 3.67. The summed E-state index contributed by atoms with van der Waals surface area (Å²) in [7, 11) is 0. The van der Waals surface area contributed by atoms with Crippen molar-refractivity contribution in [2.75, 3.05) is 6.54 Å². The van der Waals surface area contributed by atoms with Crippen LogP contribution in [0.2, 0.25) is 5.02 Å². The quantitative estimate of drug-likeness (QED) is 0.510. The first kappa shape index (κ1) is 19.0. The number of nitrogens with one attached hydrogen (secondary N) is 1. The minimum Gasteiger partial charge on any atom is -0.344 e. The van der Waals surface area contributed by atoms with Crippen molar-refractivity contribution in [3.05, 3.63) is 53.8 Å². The van der Waals surface area contributed by atoms with Crippen molar-refractivity contribution in [2.24, 2.45) is 0 Å². The largest absolute Gasteiger partial charge is 0.344 e. The Balaban J connectivity index is 1.99. The van der Waals surface area contributed by atoms with Crippen LogP contribution >= 0.6 is 23.4 Å². The van der Waals surface area contributed by atoms with Gasteiger partial charge in [-0.2, -0.15) is 0 Å². The molecule has 0 aliphatic carbocycles. The Labute approximate surface area is 166 Å². The van der Waals surface area contributed by atoms with Gasteiger partial charge in [-0.25, -0.2) is 0 Å². The van der Waals surface area contributed by atoms with Gasteiger partial charge in [-0.3, -0.25) is 14.3 Å². The van der Waals surface area contributed by atoms with Crippen LogP contribution < -0.4 is 5.32 Å². The van der Waals surface area contributed by atoms with E-state index in [0.717, 1.165) is 11.3 Å². The summed E-state index contributed by atoms with van der Waals surface area (Å²) in [4.78, 5) is 16.2. The van der Waals surface area contributed by atoms with Crippen LogP contribution in [0.4, 0.5) is 0 Å². The molecule has 6 nitrogen and oxygen atoms in total. The van der Waals surface area contributed by atoms with Crippen LogP contribution in [0.5, 0.6) is 0 Å². The zero-order valence-electron chi connectivity index (χ0n) is 14.5. The van der Waals surface area contributed by atoms with E-state index in [4.69, 9.17) is 18.0 Å². The molecule has 136 valence electrons. The van der Waals surface area contributed by atoms with Crippen LogP contribution in [0, 0.1) is 12.3 Å². The van der Waals surface area contributed by atoms with Crippen molar-refractivity contribution in [1.82, 2.24) is 25.1 Å². The van der Waals surface area contributed by atoms with Gasteiger partial charge in [0.25, 0.3) is 0 Å². The normalized spacial score (nSPS) is 11.6. The molecule has 1 unspecified atom stereocenters. The summed E-state index contributed by atoms with van der Waals surface area (Å²) >= 11 is 7.32. The zero-order chi connectivity index (χ0) is 19.2. The van der Waals surface area contributed by atoms with Crippen LogP contribution in [0.15, 0.2) is 53.9 Å². The van der Waals surface area contributed by atoms with Crippen LogP contribution in [0.3, 0.4) is 0 Å².